The summed E-state index contributed by atoms with van der Waals surface area (Å²) in [7, 11) is 3.50. The molecule has 0 bridgehead atoms. The van der Waals surface area contributed by atoms with E-state index in [4.69, 9.17) is 14.2 Å². The van der Waals surface area contributed by atoms with E-state index in [1.165, 1.54) is 0 Å². The number of para-hydroxylation sites is 1. The molecule has 0 saturated carbocycles. The number of ketones is 1. The van der Waals surface area contributed by atoms with Gasteiger partial charge >= 0.3 is 5.97 Å². The molecule has 2 aromatic carbocycles. The van der Waals surface area contributed by atoms with Crippen molar-refractivity contribution in [3.8, 4) is 17.2 Å². The highest BCUT2D eigenvalue weighted by Gasteiger charge is 2.39. The second kappa shape index (κ2) is 6.91. The molecule has 2 aliphatic rings. The fourth-order valence-electron chi connectivity index (χ4n) is 4.08. The van der Waals surface area contributed by atoms with Crippen molar-refractivity contribution < 1.29 is 23.8 Å². The van der Waals surface area contributed by atoms with Crippen LogP contribution in [0.2, 0.25) is 0 Å². The number of benzene rings is 2. The molecule has 0 aliphatic carbocycles. The quantitative estimate of drug-likeness (QED) is 0.376. The molecule has 2 aliphatic heterocycles. The van der Waals surface area contributed by atoms with Gasteiger partial charge in [0.1, 0.15) is 17.2 Å². The first kappa shape index (κ1) is 18.2. The molecule has 1 aromatic heterocycles. The van der Waals surface area contributed by atoms with Gasteiger partial charge in [-0.3, -0.25) is 9.59 Å². The summed E-state index contributed by atoms with van der Waals surface area (Å²) in [6.07, 6.45) is 3.76. The number of Topliss-reactive ketones (excluding diaryl/α,β-unsaturated/α-hetero) is 1. The van der Waals surface area contributed by atoms with E-state index in [9.17, 15) is 9.59 Å². The third-order valence-electron chi connectivity index (χ3n) is 5.56. The molecule has 0 N–H and O–H groups in total. The number of allylic oxidation sites excluding steroid dienone is 1. The second-order valence-corrected chi connectivity index (χ2v) is 7.31. The SMILES string of the molecule is COc1ccccc1[C@H]1CC(=O)Oc2ccc3c(c21)O/C(=C\c1cccn1C)C3=O. The van der Waals surface area contributed by atoms with Crippen molar-refractivity contribution in [3.05, 3.63) is 82.9 Å². The van der Waals surface area contributed by atoms with Crippen LogP contribution in [-0.4, -0.2) is 23.4 Å². The zero-order valence-corrected chi connectivity index (χ0v) is 16.5. The van der Waals surface area contributed by atoms with Crippen molar-refractivity contribution in [1.29, 1.82) is 0 Å². The van der Waals surface area contributed by atoms with Gasteiger partial charge in [0.2, 0.25) is 5.78 Å². The van der Waals surface area contributed by atoms with Crippen LogP contribution >= 0.6 is 0 Å². The third-order valence-corrected chi connectivity index (χ3v) is 5.56. The zero-order chi connectivity index (χ0) is 20.8. The molecule has 6 nitrogen and oxygen atoms in total. The standard InChI is InChI=1S/C24H19NO5/c1-25-11-5-6-14(25)12-20-23(27)16-9-10-19-22(24(16)30-20)17(13-21(26)29-19)15-7-3-4-8-18(15)28-2/h3-12,17H,13H2,1-2H3/b20-12-/t17-/m1/s1. The molecule has 0 fully saturated rings. The van der Waals surface area contributed by atoms with Crippen molar-refractivity contribution in [3.63, 3.8) is 0 Å². The number of hydrogen-bond acceptors (Lipinski definition) is 5. The van der Waals surface area contributed by atoms with E-state index in [0.29, 0.717) is 28.4 Å². The number of esters is 1. The van der Waals surface area contributed by atoms with Crippen LogP contribution < -0.4 is 14.2 Å². The molecule has 0 unspecified atom stereocenters. The lowest BCUT2D eigenvalue weighted by Crippen LogP contribution is -2.22. The molecule has 1 atom stereocenters. The first-order valence-electron chi connectivity index (χ1n) is 9.63. The summed E-state index contributed by atoms with van der Waals surface area (Å²) in [4.78, 5) is 25.3. The van der Waals surface area contributed by atoms with Gasteiger partial charge < -0.3 is 18.8 Å². The van der Waals surface area contributed by atoms with Crippen LogP contribution in [0.15, 0.2) is 60.5 Å². The minimum absolute atomic E-state index is 0.137. The van der Waals surface area contributed by atoms with Crippen LogP contribution in [0.5, 0.6) is 17.2 Å². The number of carbonyl (C=O) groups excluding carboxylic acids is 2. The lowest BCUT2D eigenvalue weighted by atomic mass is 9.84. The Morgan fingerprint density at radius 3 is 2.67 bits per heavy atom. The first-order chi connectivity index (χ1) is 14.6. The molecule has 6 heteroatoms. The Labute approximate surface area is 173 Å². The van der Waals surface area contributed by atoms with Crippen LogP contribution in [0, 0.1) is 0 Å². The maximum Gasteiger partial charge on any atom is 0.312 e. The molecule has 3 heterocycles. The third kappa shape index (κ3) is 2.80. The van der Waals surface area contributed by atoms with Crippen LogP contribution in [0.4, 0.5) is 0 Å². The summed E-state index contributed by atoms with van der Waals surface area (Å²) in [6, 6.07) is 14.7. The molecule has 150 valence electrons. The Kier molecular flexibility index (Phi) is 4.20. The van der Waals surface area contributed by atoms with Gasteiger partial charge in [-0.25, -0.2) is 0 Å². The summed E-state index contributed by atoms with van der Waals surface area (Å²) >= 11 is 0. The number of ether oxygens (including phenoxy) is 3. The summed E-state index contributed by atoms with van der Waals surface area (Å²) in [6.45, 7) is 0. The Morgan fingerprint density at radius 2 is 1.90 bits per heavy atom. The van der Waals surface area contributed by atoms with Crippen molar-refractivity contribution in [2.45, 2.75) is 12.3 Å². The van der Waals surface area contributed by atoms with Gasteiger partial charge in [-0.2, -0.15) is 0 Å². The smallest absolute Gasteiger partial charge is 0.312 e. The second-order valence-electron chi connectivity index (χ2n) is 7.31. The van der Waals surface area contributed by atoms with Gasteiger partial charge in [0.25, 0.3) is 0 Å². The largest absolute Gasteiger partial charge is 0.496 e. The van der Waals surface area contributed by atoms with Gasteiger partial charge in [0.05, 0.1) is 19.1 Å². The van der Waals surface area contributed by atoms with Gasteiger partial charge in [-0.1, -0.05) is 18.2 Å². The van der Waals surface area contributed by atoms with Crippen LogP contribution in [0.1, 0.15) is 39.5 Å². The van der Waals surface area contributed by atoms with E-state index in [1.807, 2.05) is 54.2 Å². The normalized spacial score (nSPS) is 18.6. The Bertz CT molecular complexity index is 1220. The summed E-state index contributed by atoms with van der Waals surface area (Å²) < 4.78 is 19.0. The fraction of sp³-hybridized carbons (Fsp3) is 0.167. The van der Waals surface area contributed by atoms with Gasteiger partial charge in [0, 0.05) is 42.1 Å². The average molecular weight is 401 g/mol. The Balaban J connectivity index is 1.66. The highest BCUT2D eigenvalue weighted by atomic mass is 16.5. The zero-order valence-electron chi connectivity index (χ0n) is 16.5. The van der Waals surface area contributed by atoms with Crippen molar-refractivity contribution in [1.82, 2.24) is 4.57 Å². The van der Waals surface area contributed by atoms with Gasteiger partial charge in [-0.05, 0) is 30.3 Å². The van der Waals surface area contributed by atoms with Crippen molar-refractivity contribution in [2.75, 3.05) is 7.11 Å². The monoisotopic (exact) mass is 401 g/mol. The summed E-state index contributed by atoms with van der Waals surface area (Å²) in [5.41, 5.74) is 2.86. The number of aromatic nitrogens is 1. The minimum atomic E-state index is -0.338. The van der Waals surface area contributed by atoms with E-state index < -0.39 is 0 Å². The number of fused-ring (bicyclic) bond motifs is 3. The molecule has 5 rings (SSSR count). The number of rotatable bonds is 3. The van der Waals surface area contributed by atoms with E-state index in [0.717, 1.165) is 11.3 Å². The number of methoxy groups -OCH3 is 1. The predicted octanol–water partition coefficient (Wildman–Crippen LogP) is 4.09. The molecule has 0 saturated heterocycles. The molecule has 3 aromatic rings. The van der Waals surface area contributed by atoms with E-state index in [1.54, 1.807) is 25.3 Å². The fourth-order valence-corrected chi connectivity index (χ4v) is 4.08. The van der Waals surface area contributed by atoms with Crippen molar-refractivity contribution in [2.24, 2.45) is 7.05 Å². The number of nitrogens with zero attached hydrogens (tertiary/aromatic N) is 1. The predicted molar refractivity (Wildman–Crippen MR) is 110 cm³/mol. The molecule has 30 heavy (non-hydrogen) atoms. The molecule has 0 amide bonds. The minimum Gasteiger partial charge on any atom is -0.496 e. The maximum absolute atomic E-state index is 13.0. The maximum atomic E-state index is 13.0. The lowest BCUT2D eigenvalue weighted by Gasteiger charge is -2.27. The van der Waals surface area contributed by atoms with Crippen molar-refractivity contribution >= 4 is 17.8 Å². The van der Waals surface area contributed by atoms with E-state index in [-0.39, 0.29) is 29.9 Å². The Morgan fingerprint density at radius 1 is 1.07 bits per heavy atom. The first-order valence-corrected chi connectivity index (χ1v) is 9.63. The average Bonchev–Trinajstić information content (AvgIpc) is 3.30. The van der Waals surface area contributed by atoms with Crippen LogP contribution in [0.3, 0.4) is 0 Å². The molecule has 0 spiro atoms. The number of aryl methyl sites for hydroxylation is 1. The molecule has 0 radical (unpaired) electrons. The Hall–Kier alpha value is -3.80. The van der Waals surface area contributed by atoms with Crippen LogP contribution in [-0.2, 0) is 11.8 Å². The number of carbonyl (C=O) groups is 2. The van der Waals surface area contributed by atoms with E-state index >= 15 is 0 Å². The van der Waals surface area contributed by atoms with E-state index in [2.05, 4.69) is 0 Å². The van der Waals surface area contributed by atoms with Crippen LogP contribution in [0.25, 0.3) is 6.08 Å². The molecular weight excluding hydrogens is 382 g/mol. The lowest BCUT2D eigenvalue weighted by molar-refractivity contribution is -0.135. The highest BCUT2D eigenvalue weighted by molar-refractivity contribution is 6.15. The summed E-state index contributed by atoms with van der Waals surface area (Å²) in [5.74, 6) is 0.914. The van der Waals surface area contributed by atoms with Gasteiger partial charge in [0.15, 0.2) is 5.76 Å². The molecular formula is C24H19NO5. The summed E-state index contributed by atoms with van der Waals surface area (Å²) in [5, 5.41) is 0. The van der Waals surface area contributed by atoms with Gasteiger partial charge in [-0.15, -0.1) is 0 Å². The topological polar surface area (TPSA) is 66.8 Å². The number of hydrogen-bond donors (Lipinski definition) is 0. The highest BCUT2D eigenvalue weighted by Crippen LogP contribution is 2.50.